The fraction of sp³-hybridized carbons (Fsp3) is 0.636. The molecule has 0 bridgehead atoms. The van der Waals surface area contributed by atoms with Gasteiger partial charge in [-0.3, -0.25) is 4.55 Å². The molecule has 1 aromatic rings. The Kier molecular flexibility index (Phi) is 4.13. The first-order valence-electron chi connectivity index (χ1n) is 6.01. The summed E-state index contributed by atoms with van der Waals surface area (Å²) < 4.78 is 30.4. The molecule has 100 valence electrons. The zero-order valence-electron chi connectivity index (χ0n) is 9.99. The van der Waals surface area contributed by atoms with E-state index in [0.717, 1.165) is 25.7 Å². The van der Waals surface area contributed by atoms with Crippen LogP contribution in [0, 0.1) is 5.92 Å². The average molecular weight is 271 g/mol. The standard InChI is InChI=1S/C11H17N3O3S/c15-18(16,17)8-9-2-4-10(5-3-9)14-11-12-6-1-7-13-11/h1,6-7,9-10H,2-5,8H2,(H,12,13,14)(H,15,16,17). The number of nitrogens with one attached hydrogen (secondary N) is 1. The fourth-order valence-electron chi connectivity index (χ4n) is 2.33. The average Bonchev–Trinajstić information content (AvgIpc) is 2.31. The maximum absolute atomic E-state index is 10.8. The van der Waals surface area contributed by atoms with Gasteiger partial charge in [0.1, 0.15) is 0 Å². The van der Waals surface area contributed by atoms with Crippen LogP contribution < -0.4 is 5.32 Å². The van der Waals surface area contributed by atoms with E-state index < -0.39 is 10.1 Å². The third kappa shape index (κ3) is 4.23. The van der Waals surface area contributed by atoms with E-state index in [1.54, 1.807) is 18.5 Å². The Balaban J connectivity index is 1.80. The van der Waals surface area contributed by atoms with Crippen LogP contribution in [-0.4, -0.2) is 34.7 Å². The van der Waals surface area contributed by atoms with Crippen molar-refractivity contribution in [3.8, 4) is 0 Å². The highest BCUT2D eigenvalue weighted by atomic mass is 32.2. The number of hydrogen-bond donors (Lipinski definition) is 2. The molecular formula is C11H17N3O3S. The molecule has 2 rings (SSSR count). The van der Waals surface area contributed by atoms with Crippen molar-refractivity contribution < 1.29 is 13.0 Å². The van der Waals surface area contributed by atoms with Gasteiger partial charge >= 0.3 is 0 Å². The van der Waals surface area contributed by atoms with Crippen molar-refractivity contribution in [1.82, 2.24) is 9.97 Å². The molecule has 6 nitrogen and oxygen atoms in total. The molecule has 2 N–H and O–H groups in total. The van der Waals surface area contributed by atoms with Gasteiger partial charge in [-0.05, 0) is 37.7 Å². The second-order valence-corrected chi connectivity index (χ2v) is 6.18. The summed E-state index contributed by atoms with van der Waals surface area (Å²) in [6.07, 6.45) is 6.70. The van der Waals surface area contributed by atoms with Crippen LogP contribution in [0.4, 0.5) is 5.95 Å². The number of aromatic nitrogens is 2. The minimum absolute atomic E-state index is 0.0646. The van der Waals surface area contributed by atoms with Crippen LogP contribution in [-0.2, 0) is 10.1 Å². The lowest BCUT2D eigenvalue weighted by molar-refractivity contribution is 0.352. The lowest BCUT2D eigenvalue weighted by Crippen LogP contribution is -2.29. The van der Waals surface area contributed by atoms with Crippen LogP contribution in [0.3, 0.4) is 0 Å². The number of nitrogens with zero attached hydrogens (tertiary/aromatic N) is 2. The first-order valence-corrected chi connectivity index (χ1v) is 7.62. The Bertz CT molecular complexity index is 470. The van der Waals surface area contributed by atoms with Crippen molar-refractivity contribution in [2.45, 2.75) is 31.7 Å². The van der Waals surface area contributed by atoms with Crippen LogP contribution in [0.2, 0.25) is 0 Å². The van der Waals surface area contributed by atoms with Gasteiger partial charge in [-0.2, -0.15) is 8.42 Å². The van der Waals surface area contributed by atoms with E-state index in [-0.39, 0.29) is 17.7 Å². The molecule has 1 aliphatic rings. The largest absolute Gasteiger partial charge is 0.351 e. The summed E-state index contributed by atoms with van der Waals surface area (Å²) in [5.74, 6) is 0.548. The highest BCUT2D eigenvalue weighted by Gasteiger charge is 2.24. The molecule has 0 aliphatic heterocycles. The smallest absolute Gasteiger partial charge is 0.265 e. The van der Waals surface area contributed by atoms with Gasteiger partial charge in [-0.15, -0.1) is 0 Å². The first-order chi connectivity index (χ1) is 8.53. The van der Waals surface area contributed by atoms with Crippen molar-refractivity contribution in [3.63, 3.8) is 0 Å². The van der Waals surface area contributed by atoms with Crippen molar-refractivity contribution in [3.05, 3.63) is 18.5 Å². The summed E-state index contributed by atoms with van der Waals surface area (Å²) in [7, 11) is -3.85. The van der Waals surface area contributed by atoms with Crippen molar-refractivity contribution in [2.24, 2.45) is 5.92 Å². The van der Waals surface area contributed by atoms with E-state index in [9.17, 15) is 8.42 Å². The summed E-state index contributed by atoms with van der Waals surface area (Å²) >= 11 is 0. The summed E-state index contributed by atoms with van der Waals surface area (Å²) in [5.41, 5.74) is 0. The third-order valence-corrected chi connectivity index (χ3v) is 4.08. The van der Waals surface area contributed by atoms with E-state index in [4.69, 9.17) is 4.55 Å². The quantitative estimate of drug-likeness (QED) is 0.803. The molecule has 0 spiro atoms. The Morgan fingerprint density at radius 1 is 1.22 bits per heavy atom. The molecular weight excluding hydrogens is 254 g/mol. The number of rotatable bonds is 4. The van der Waals surface area contributed by atoms with Crippen LogP contribution in [0.25, 0.3) is 0 Å². The Morgan fingerprint density at radius 2 is 1.83 bits per heavy atom. The van der Waals surface area contributed by atoms with Gasteiger partial charge in [0.15, 0.2) is 0 Å². The van der Waals surface area contributed by atoms with E-state index in [0.29, 0.717) is 5.95 Å². The highest BCUT2D eigenvalue weighted by Crippen LogP contribution is 2.26. The molecule has 18 heavy (non-hydrogen) atoms. The monoisotopic (exact) mass is 271 g/mol. The fourth-order valence-corrected chi connectivity index (χ4v) is 3.26. The van der Waals surface area contributed by atoms with E-state index in [2.05, 4.69) is 15.3 Å². The Labute approximate surface area is 107 Å². The molecule has 1 saturated carbocycles. The SMILES string of the molecule is O=S(=O)(O)CC1CCC(Nc2ncccn2)CC1. The van der Waals surface area contributed by atoms with Gasteiger partial charge in [0, 0.05) is 18.4 Å². The molecule has 0 amide bonds. The van der Waals surface area contributed by atoms with Crippen LogP contribution in [0.5, 0.6) is 0 Å². The molecule has 0 saturated heterocycles. The molecule has 1 aliphatic carbocycles. The van der Waals surface area contributed by atoms with Crippen molar-refractivity contribution >= 4 is 16.1 Å². The summed E-state index contributed by atoms with van der Waals surface area (Å²) in [5, 5.41) is 3.23. The lowest BCUT2D eigenvalue weighted by Gasteiger charge is -2.28. The highest BCUT2D eigenvalue weighted by molar-refractivity contribution is 7.85. The Morgan fingerprint density at radius 3 is 2.39 bits per heavy atom. The number of hydrogen-bond acceptors (Lipinski definition) is 5. The van der Waals surface area contributed by atoms with Gasteiger partial charge in [0.25, 0.3) is 10.1 Å². The van der Waals surface area contributed by atoms with Gasteiger partial charge in [-0.1, -0.05) is 0 Å². The van der Waals surface area contributed by atoms with Gasteiger partial charge in [-0.25, -0.2) is 9.97 Å². The molecule has 0 atom stereocenters. The van der Waals surface area contributed by atoms with E-state index >= 15 is 0 Å². The summed E-state index contributed by atoms with van der Waals surface area (Å²) in [6.45, 7) is 0. The molecule has 1 fully saturated rings. The molecule has 1 aromatic heterocycles. The van der Waals surface area contributed by atoms with Gasteiger partial charge in [0.05, 0.1) is 5.75 Å². The normalized spacial score (nSPS) is 24.7. The van der Waals surface area contributed by atoms with Gasteiger partial charge in [0.2, 0.25) is 5.95 Å². The molecule has 0 radical (unpaired) electrons. The van der Waals surface area contributed by atoms with Crippen LogP contribution in [0.1, 0.15) is 25.7 Å². The molecule has 0 unspecified atom stereocenters. The minimum Gasteiger partial charge on any atom is -0.351 e. The maximum atomic E-state index is 10.8. The predicted octanol–water partition coefficient (Wildman–Crippen LogP) is 1.34. The maximum Gasteiger partial charge on any atom is 0.265 e. The van der Waals surface area contributed by atoms with Crippen LogP contribution in [0.15, 0.2) is 18.5 Å². The minimum atomic E-state index is -3.85. The van der Waals surface area contributed by atoms with E-state index in [1.807, 2.05) is 0 Å². The topological polar surface area (TPSA) is 92.2 Å². The number of anilines is 1. The van der Waals surface area contributed by atoms with Gasteiger partial charge < -0.3 is 5.32 Å². The van der Waals surface area contributed by atoms with Crippen molar-refractivity contribution in [1.29, 1.82) is 0 Å². The predicted molar refractivity (Wildman–Crippen MR) is 67.8 cm³/mol. The Hall–Kier alpha value is -1.21. The van der Waals surface area contributed by atoms with Crippen molar-refractivity contribution in [2.75, 3.05) is 11.1 Å². The molecule has 0 aromatic carbocycles. The summed E-state index contributed by atoms with van der Waals surface area (Å²) in [6, 6.07) is 2.04. The summed E-state index contributed by atoms with van der Waals surface area (Å²) in [4.78, 5) is 8.19. The van der Waals surface area contributed by atoms with Crippen LogP contribution >= 0.6 is 0 Å². The second kappa shape index (κ2) is 5.62. The lowest BCUT2D eigenvalue weighted by atomic mass is 9.87. The zero-order valence-corrected chi connectivity index (χ0v) is 10.8. The third-order valence-electron chi connectivity index (χ3n) is 3.19. The second-order valence-electron chi connectivity index (χ2n) is 4.68. The zero-order chi connectivity index (χ0) is 13.0. The first kappa shape index (κ1) is 13.2. The molecule has 7 heteroatoms. The molecule has 1 heterocycles. The van der Waals surface area contributed by atoms with E-state index in [1.165, 1.54) is 0 Å².